The number of hydrogen-bond donors (Lipinski definition) is 2. The monoisotopic (exact) mass is 280 g/mol. The van der Waals surface area contributed by atoms with Gasteiger partial charge in [-0.2, -0.15) is 5.10 Å². The Bertz CT molecular complexity index is 913. The van der Waals surface area contributed by atoms with E-state index in [9.17, 15) is 9.59 Å². The van der Waals surface area contributed by atoms with Gasteiger partial charge in [-0.3, -0.25) is 4.79 Å². The first kappa shape index (κ1) is 13.1. The van der Waals surface area contributed by atoms with Crippen molar-refractivity contribution in [3.63, 3.8) is 0 Å². The van der Waals surface area contributed by atoms with E-state index in [4.69, 9.17) is 5.11 Å². The Morgan fingerprint density at radius 2 is 1.86 bits per heavy atom. The molecule has 0 fully saturated rings. The average Bonchev–Trinajstić information content (AvgIpc) is 2.47. The van der Waals surface area contributed by atoms with Gasteiger partial charge in [-0.1, -0.05) is 24.3 Å². The minimum atomic E-state index is -0.960. The van der Waals surface area contributed by atoms with Gasteiger partial charge >= 0.3 is 5.97 Å². The van der Waals surface area contributed by atoms with Crippen LogP contribution in [0.15, 0.2) is 47.3 Å². The van der Waals surface area contributed by atoms with E-state index in [1.54, 1.807) is 37.3 Å². The molecule has 2 N–H and O–H groups in total. The lowest BCUT2D eigenvalue weighted by molar-refractivity contribution is 0.0696. The summed E-state index contributed by atoms with van der Waals surface area (Å²) in [6, 6.07) is 12.2. The minimum absolute atomic E-state index is 0.242. The van der Waals surface area contributed by atoms with E-state index >= 15 is 0 Å². The van der Waals surface area contributed by atoms with Crippen molar-refractivity contribution in [1.82, 2.24) is 10.2 Å². The first-order valence-electron chi connectivity index (χ1n) is 6.39. The first-order chi connectivity index (χ1) is 10.1. The third-order valence-corrected chi connectivity index (χ3v) is 3.43. The Hall–Kier alpha value is -2.95. The zero-order valence-corrected chi connectivity index (χ0v) is 11.3. The fraction of sp³-hybridized carbons (Fsp3) is 0.0625. The van der Waals surface area contributed by atoms with Crippen LogP contribution in [0.25, 0.3) is 22.0 Å². The molecular weight excluding hydrogens is 268 g/mol. The van der Waals surface area contributed by atoms with Crippen molar-refractivity contribution in [3.05, 3.63) is 63.9 Å². The molecule has 0 unspecified atom stereocenters. The van der Waals surface area contributed by atoms with E-state index in [2.05, 4.69) is 10.2 Å². The van der Waals surface area contributed by atoms with Crippen LogP contribution >= 0.6 is 0 Å². The summed E-state index contributed by atoms with van der Waals surface area (Å²) in [4.78, 5) is 22.8. The summed E-state index contributed by atoms with van der Waals surface area (Å²) >= 11 is 0. The SMILES string of the molecule is Cc1cc(-c2n[nH]c(=O)c3ccccc23)ccc1C(=O)O. The fourth-order valence-electron chi connectivity index (χ4n) is 2.39. The van der Waals surface area contributed by atoms with Crippen molar-refractivity contribution in [3.8, 4) is 11.3 Å². The van der Waals surface area contributed by atoms with Gasteiger partial charge in [0, 0.05) is 10.9 Å². The van der Waals surface area contributed by atoms with Crippen molar-refractivity contribution in [2.75, 3.05) is 0 Å². The molecule has 5 heteroatoms. The number of rotatable bonds is 2. The molecule has 0 amide bonds. The van der Waals surface area contributed by atoms with Crippen molar-refractivity contribution < 1.29 is 9.90 Å². The lowest BCUT2D eigenvalue weighted by atomic mass is 10.0. The maximum absolute atomic E-state index is 11.8. The second-order valence-corrected chi connectivity index (χ2v) is 4.78. The number of fused-ring (bicyclic) bond motifs is 1. The molecule has 0 spiro atoms. The molecule has 3 rings (SSSR count). The summed E-state index contributed by atoms with van der Waals surface area (Å²) < 4.78 is 0. The van der Waals surface area contributed by atoms with Crippen LogP contribution in [0.3, 0.4) is 0 Å². The maximum Gasteiger partial charge on any atom is 0.335 e. The van der Waals surface area contributed by atoms with E-state index in [1.807, 2.05) is 12.1 Å². The molecule has 1 aromatic heterocycles. The Morgan fingerprint density at radius 1 is 1.14 bits per heavy atom. The molecule has 0 aliphatic rings. The van der Waals surface area contributed by atoms with E-state index in [0.717, 1.165) is 10.9 Å². The van der Waals surface area contributed by atoms with Crippen LogP contribution in [0.1, 0.15) is 15.9 Å². The van der Waals surface area contributed by atoms with Crippen LogP contribution in [0, 0.1) is 6.92 Å². The van der Waals surface area contributed by atoms with E-state index in [1.165, 1.54) is 0 Å². The molecule has 104 valence electrons. The van der Waals surface area contributed by atoms with E-state index in [-0.39, 0.29) is 11.1 Å². The van der Waals surface area contributed by atoms with Crippen molar-refractivity contribution in [2.24, 2.45) is 0 Å². The first-order valence-corrected chi connectivity index (χ1v) is 6.39. The van der Waals surface area contributed by atoms with Crippen LogP contribution in [0.2, 0.25) is 0 Å². The lowest BCUT2D eigenvalue weighted by Crippen LogP contribution is -2.09. The quantitative estimate of drug-likeness (QED) is 0.755. The van der Waals surface area contributed by atoms with Gasteiger partial charge in [0.25, 0.3) is 5.56 Å². The van der Waals surface area contributed by atoms with Gasteiger partial charge < -0.3 is 5.11 Å². The van der Waals surface area contributed by atoms with Crippen LogP contribution in [0.5, 0.6) is 0 Å². The summed E-state index contributed by atoms with van der Waals surface area (Å²) in [5.41, 5.74) is 2.06. The highest BCUT2D eigenvalue weighted by molar-refractivity contribution is 5.95. The zero-order valence-electron chi connectivity index (χ0n) is 11.3. The number of hydrogen-bond acceptors (Lipinski definition) is 3. The molecule has 0 aliphatic carbocycles. The fourth-order valence-corrected chi connectivity index (χ4v) is 2.39. The van der Waals surface area contributed by atoms with Crippen LogP contribution in [-0.2, 0) is 0 Å². The lowest BCUT2D eigenvalue weighted by Gasteiger charge is -2.07. The van der Waals surface area contributed by atoms with E-state index < -0.39 is 5.97 Å². The molecule has 0 radical (unpaired) electrons. The number of carboxylic acid groups (broad SMARTS) is 1. The third-order valence-electron chi connectivity index (χ3n) is 3.43. The van der Waals surface area contributed by atoms with Gasteiger partial charge in [-0.25, -0.2) is 9.89 Å². The number of benzene rings is 2. The maximum atomic E-state index is 11.8. The van der Waals surface area contributed by atoms with Gasteiger partial charge in [0.15, 0.2) is 0 Å². The van der Waals surface area contributed by atoms with Crippen molar-refractivity contribution in [2.45, 2.75) is 6.92 Å². The van der Waals surface area contributed by atoms with Crippen molar-refractivity contribution in [1.29, 1.82) is 0 Å². The smallest absolute Gasteiger partial charge is 0.335 e. The summed E-state index contributed by atoms with van der Waals surface area (Å²) in [6.07, 6.45) is 0. The van der Waals surface area contributed by atoms with Crippen LogP contribution in [0.4, 0.5) is 0 Å². The number of aromatic carboxylic acids is 1. The van der Waals surface area contributed by atoms with E-state index in [0.29, 0.717) is 16.6 Å². The summed E-state index contributed by atoms with van der Waals surface area (Å²) in [6.45, 7) is 1.74. The molecule has 21 heavy (non-hydrogen) atoms. The van der Waals surface area contributed by atoms with Gasteiger partial charge in [0.05, 0.1) is 16.6 Å². The standard InChI is InChI=1S/C16H12N2O3/c1-9-8-10(6-7-11(9)16(20)21)14-12-4-2-3-5-13(12)15(19)18-17-14/h2-8H,1H3,(H,18,19)(H,20,21). The molecule has 0 atom stereocenters. The topological polar surface area (TPSA) is 83.0 Å². The Balaban J connectivity index is 2.26. The Morgan fingerprint density at radius 3 is 2.52 bits per heavy atom. The summed E-state index contributed by atoms with van der Waals surface area (Å²) in [5.74, 6) is -0.960. The van der Waals surface area contributed by atoms with Gasteiger partial charge in [-0.05, 0) is 30.7 Å². The molecule has 5 nitrogen and oxygen atoms in total. The summed E-state index contributed by atoms with van der Waals surface area (Å²) in [5, 5.41) is 17.0. The van der Waals surface area contributed by atoms with Gasteiger partial charge in [0.1, 0.15) is 0 Å². The highest BCUT2D eigenvalue weighted by Gasteiger charge is 2.12. The number of H-pyrrole nitrogens is 1. The molecule has 0 saturated heterocycles. The highest BCUT2D eigenvalue weighted by atomic mass is 16.4. The second kappa shape index (κ2) is 4.86. The Labute approximate surface area is 119 Å². The van der Waals surface area contributed by atoms with Crippen LogP contribution < -0.4 is 5.56 Å². The van der Waals surface area contributed by atoms with Gasteiger partial charge in [-0.15, -0.1) is 0 Å². The predicted molar refractivity (Wildman–Crippen MR) is 79.5 cm³/mol. The molecule has 1 heterocycles. The number of aromatic amines is 1. The Kier molecular flexibility index (Phi) is 3.02. The zero-order chi connectivity index (χ0) is 15.0. The largest absolute Gasteiger partial charge is 0.478 e. The number of aryl methyl sites for hydroxylation is 1. The number of aromatic nitrogens is 2. The van der Waals surface area contributed by atoms with Crippen LogP contribution in [-0.4, -0.2) is 21.3 Å². The van der Waals surface area contributed by atoms with Gasteiger partial charge in [0.2, 0.25) is 0 Å². The average molecular weight is 280 g/mol. The molecule has 3 aromatic rings. The molecule has 2 aromatic carbocycles. The molecular formula is C16H12N2O3. The molecule has 0 saturated carbocycles. The molecule has 0 aliphatic heterocycles. The number of nitrogens with zero attached hydrogens (tertiary/aromatic N) is 1. The normalized spacial score (nSPS) is 10.7. The van der Waals surface area contributed by atoms with Crippen molar-refractivity contribution >= 4 is 16.7 Å². The third kappa shape index (κ3) is 2.18. The predicted octanol–water partition coefficient (Wildman–Crippen LogP) is 2.60. The number of carbonyl (C=O) groups is 1. The summed E-state index contributed by atoms with van der Waals surface area (Å²) in [7, 11) is 0. The minimum Gasteiger partial charge on any atom is -0.478 e. The second-order valence-electron chi connectivity index (χ2n) is 4.78. The molecule has 0 bridgehead atoms. The number of nitrogens with one attached hydrogen (secondary N) is 1. The number of carboxylic acids is 1. The highest BCUT2D eigenvalue weighted by Crippen LogP contribution is 2.25.